The van der Waals surface area contributed by atoms with Crippen LogP contribution in [0.15, 0.2) is 11.8 Å². The molecule has 0 aliphatic carbocycles. The Morgan fingerprint density at radius 2 is 2.15 bits per heavy atom. The molecule has 1 fully saturated rings. The van der Waals surface area contributed by atoms with Crippen LogP contribution in [-0.2, 0) is 14.3 Å². The van der Waals surface area contributed by atoms with Crippen molar-refractivity contribution < 1.29 is 14.3 Å². The zero-order valence-electron chi connectivity index (χ0n) is 7.63. The SMILES string of the molecule is CN1/C(=C\C(=O)Cl)C(=O)OC1(C)C. The quantitative estimate of drug-likeness (QED) is 0.360. The molecule has 0 saturated carbocycles. The van der Waals surface area contributed by atoms with Gasteiger partial charge in [-0.15, -0.1) is 0 Å². The Morgan fingerprint density at radius 1 is 1.62 bits per heavy atom. The molecule has 0 bridgehead atoms. The van der Waals surface area contributed by atoms with Gasteiger partial charge in [-0.05, 0) is 25.4 Å². The van der Waals surface area contributed by atoms with Gasteiger partial charge in [0.2, 0.25) is 5.24 Å². The van der Waals surface area contributed by atoms with Gasteiger partial charge in [-0.1, -0.05) is 0 Å². The molecule has 1 heterocycles. The lowest BCUT2D eigenvalue weighted by molar-refractivity contribution is -0.147. The Morgan fingerprint density at radius 3 is 2.46 bits per heavy atom. The van der Waals surface area contributed by atoms with E-state index in [1.165, 1.54) is 0 Å². The van der Waals surface area contributed by atoms with Gasteiger partial charge >= 0.3 is 5.97 Å². The number of allylic oxidation sites excluding steroid dienone is 1. The summed E-state index contributed by atoms with van der Waals surface area (Å²) in [6.45, 7) is 3.45. The fourth-order valence-corrected chi connectivity index (χ4v) is 1.14. The van der Waals surface area contributed by atoms with Crippen LogP contribution in [0.25, 0.3) is 0 Å². The highest BCUT2D eigenvalue weighted by molar-refractivity contribution is 6.66. The third-order valence-corrected chi connectivity index (χ3v) is 2.08. The Kier molecular flexibility index (Phi) is 2.34. The van der Waals surface area contributed by atoms with Gasteiger partial charge in [0, 0.05) is 13.1 Å². The topological polar surface area (TPSA) is 46.6 Å². The molecule has 1 aliphatic heterocycles. The summed E-state index contributed by atoms with van der Waals surface area (Å²) in [4.78, 5) is 23.3. The second kappa shape index (κ2) is 3.03. The standard InChI is InChI=1S/C8H10ClNO3/c1-8(2)10(3)5(4-6(9)11)7(12)13-8/h4H,1-3H3/b5-4-. The van der Waals surface area contributed by atoms with Gasteiger partial charge in [0.25, 0.3) is 0 Å². The van der Waals surface area contributed by atoms with E-state index in [0.717, 1.165) is 6.08 Å². The van der Waals surface area contributed by atoms with E-state index in [1.54, 1.807) is 25.8 Å². The number of cyclic esters (lactones) is 1. The number of likely N-dealkylation sites (N-methyl/N-ethyl adjacent to an activating group) is 1. The molecule has 0 N–H and O–H groups in total. The predicted octanol–water partition coefficient (Wildman–Crippen LogP) is 0.860. The van der Waals surface area contributed by atoms with E-state index in [-0.39, 0.29) is 5.70 Å². The highest BCUT2D eigenvalue weighted by Gasteiger charge is 2.40. The van der Waals surface area contributed by atoms with Gasteiger partial charge in [0.05, 0.1) is 0 Å². The largest absolute Gasteiger partial charge is 0.435 e. The zero-order valence-corrected chi connectivity index (χ0v) is 8.38. The van der Waals surface area contributed by atoms with Crippen molar-refractivity contribution in [2.45, 2.75) is 19.6 Å². The van der Waals surface area contributed by atoms with Gasteiger partial charge in [-0.2, -0.15) is 0 Å². The van der Waals surface area contributed by atoms with Gasteiger partial charge in [-0.25, -0.2) is 4.79 Å². The minimum Gasteiger partial charge on any atom is -0.435 e. The number of carbonyl (C=O) groups is 2. The highest BCUT2D eigenvalue weighted by atomic mass is 35.5. The number of rotatable bonds is 1. The summed E-state index contributed by atoms with van der Waals surface area (Å²) in [5.41, 5.74) is -0.528. The van der Waals surface area contributed by atoms with Crippen molar-refractivity contribution in [1.82, 2.24) is 4.90 Å². The molecular weight excluding hydrogens is 194 g/mol. The van der Waals surface area contributed by atoms with E-state index in [4.69, 9.17) is 16.3 Å². The summed E-state index contributed by atoms with van der Waals surface area (Å²) in [7, 11) is 1.66. The minimum atomic E-state index is -0.713. The normalized spacial score (nSPS) is 23.5. The second-order valence-electron chi connectivity index (χ2n) is 3.23. The van der Waals surface area contributed by atoms with Gasteiger partial charge < -0.3 is 9.64 Å². The summed E-state index contributed by atoms with van der Waals surface area (Å²) in [6, 6.07) is 0. The molecule has 4 nitrogen and oxygen atoms in total. The molecule has 72 valence electrons. The average Bonchev–Trinajstić information content (AvgIpc) is 2.12. The molecule has 1 rings (SSSR count). The third-order valence-electron chi connectivity index (χ3n) is 1.97. The van der Waals surface area contributed by atoms with Gasteiger partial charge in [0.15, 0.2) is 5.72 Å². The van der Waals surface area contributed by atoms with Crippen molar-refractivity contribution in [3.63, 3.8) is 0 Å². The van der Waals surface area contributed by atoms with Crippen LogP contribution in [0.3, 0.4) is 0 Å². The molecule has 0 aromatic rings. The first-order valence-electron chi connectivity index (χ1n) is 3.73. The molecule has 5 heteroatoms. The van der Waals surface area contributed by atoms with Crippen molar-refractivity contribution in [1.29, 1.82) is 0 Å². The van der Waals surface area contributed by atoms with Crippen molar-refractivity contribution in [3.05, 3.63) is 11.8 Å². The Bertz CT molecular complexity index is 296. The number of hydrogen-bond acceptors (Lipinski definition) is 4. The summed E-state index contributed by atoms with van der Waals surface area (Å²) in [6.07, 6.45) is 1.05. The van der Waals surface area contributed by atoms with Crippen LogP contribution in [0.5, 0.6) is 0 Å². The second-order valence-corrected chi connectivity index (χ2v) is 3.60. The van der Waals surface area contributed by atoms with Crippen molar-refractivity contribution >= 4 is 22.8 Å². The monoisotopic (exact) mass is 203 g/mol. The first-order chi connectivity index (χ1) is 5.84. The van der Waals surface area contributed by atoms with E-state index in [2.05, 4.69) is 0 Å². The van der Waals surface area contributed by atoms with Crippen LogP contribution in [0.1, 0.15) is 13.8 Å². The lowest BCUT2D eigenvalue weighted by Crippen LogP contribution is -2.35. The number of carbonyl (C=O) groups excluding carboxylic acids is 2. The number of ether oxygens (including phenoxy) is 1. The lowest BCUT2D eigenvalue weighted by atomic mass is 10.3. The van der Waals surface area contributed by atoms with Crippen molar-refractivity contribution in [3.8, 4) is 0 Å². The molecule has 0 spiro atoms. The molecule has 1 saturated heterocycles. The first kappa shape index (κ1) is 10.1. The van der Waals surface area contributed by atoms with Crippen LogP contribution in [0, 0.1) is 0 Å². The molecule has 0 aromatic heterocycles. The Hall–Kier alpha value is -1.03. The maximum atomic E-state index is 11.2. The zero-order chi connectivity index (χ0) is 10.2. The highest BCUT2D eigenvalue weighted by Crippen LogP contribution is 2.28. The van der Waals surface area contributed by atoms with Crippen LogP contribution >= 0.6 is 11.6 Å². The summed E-state index contributed by atoms with van der Waals surface area (Å²) in [5, 5.41) is -0.684. The predicted molar refractivity (Wildman–Crippen MR) is 46.9 cm³/mol. The number of halogens is 1. The van der Waals surface area contributed by atoms with Crippen LogP contribution in [-0.4, -0.2) is 28.9 Å². The molecule has 1 aliphatic rings. The molecule has 0 atom stereocenters. The maximum Gasteiger partial charge on any atom is 0.356 e. The maximum absolute atomic E-state index is 11.2. The van der Waals surface area contributed by atoms with Gasteiger partial charge in [0.1, 0.15) is 5.70 Å². The van der Waals surface area contributed by atoms with E-state index >= 15 is 0 Å². The fourth-order valence-electron chi connectivity index (χ4n) is 1.04. The van der Waals surface area contributed by atoms with Crippen LogP contribution in [0.2, 0.25) is 0 Å². The fraction of sp³-hybridized carbons (Fsp3) is 0.500. The first-order valence-corrected chi connectivity index (χ1v) is 4.11. The van der Waals surface area contributed by atoms with E-state index in [9.17, 15) is 9.59 Å². The van der Waals surface area contributed by atoms with Crippen LogP contribution in [0.4, 0.5) is 0 Å². The van der Waals surface area contributed by atoms with E-state index in [0.29, 0.717) is 0 Å². The van der Waals surface area contributed by atoms with E-state index in [1.807, 2.05) is 0 Å². The van der Waals surface area contributed by atoms with Crippen molar-refractivity contribution in [2.75, 3.05) is 7.05 Å². The molecular formula is C8H10ClNO3. The summed E-state index contributed by atoms with van der Waals surface area (Å²) in [5.74, 6) is -0.526. The summed E-state index contributed by atoms with van der Waals surface area (Å²) >= 11 is 5.13. The molecule has 0 radical (unpaired) electrons. The van der Waals surface area contributed by atoms with E-state index < -0.39 is 16.9 Å². The average molecular weight is 204 g/mol. The molecule has 0 aromatic carbocycles. The number of hydrogen-bond donors (Lipinski definition) is 0. The lowest BCUT2D eigenvalue weighted by Gasteiger charge is -2.25. The number of esters is 1. The Labute approximate surface area is 81.1 Å². The van der Waals surface area contributed by atoms with Crippen LogP contribution < -0.4 is 0 Å². The summed E-state index contributed by atoms with van der Waals surface area (Å²) < 4.78 is 4.98. The smallest absolute Gasteiger partial charge is 0.356 e. The van der Waals surface area contributed by atoms with Crippen molar-refractivity contribution in [2.24, 2.45) is 0 Å². The third kappa shape index (κ3) is 1.83. The minimum absolute atomic E-state index is 0.185. The molecule has 0 amide bonds. The molecule has 13 heavy (non-hydrogen) atoms. The van der Waals surface area contributed by atoms with Gasteiger partial charge in [-0.3, -0.25) is 4.79 Å². The Balaban J connectivity index is 3.02. The number of nitrogens with zero attached hydrogens (tertiary/aromatic N) is 1. The molecule has 0 unspecified atom stereocenters.